The number of carbonyl (C=O) groups excluding carboxylic acids is 1. The normalized spacial score (nSPS) is 22.4. The Morgan fingerprint density at radius 3 is 2.81 bits per heavy atom. The number of ether oxygens (including phenoxy) is 2. The molecule has 0 aliphatic carbocycles. The Morgan fingerprint density at radius 1 is 1.23 bits per heavy atom. The monoisotopic (exact) mass is 353 g/mol. The molecule has 0 bridgehead atoms. The Balaban J connectivity index is 1.53. The van der Waals surface area contributed by atoms with Crippen molar-refractivity contribution in [3.8, 4) is 5.75 Å². The van der Waals surface area contributed by atoms with Gasteiger partial charge in [0.15, 0.2) is 0 Å². The third kappa shape index (κ3) is 3.32. The number of carbonyl (C=O) groups is 1. The highest BCUT2D eigenvalue weighted by Crippen LogP contribution is 2.33. The number of benzene rings is 2. The second kappa shape index (κ2) is 7.09. The summed E-state index contributed by atoms with van der Waals surface area (Å²) in [7, 11) is 0. The molecule has 5 nitrogen and oxygen atoms in total. The number of hydrogen-bond acceptors (Lipinski definition) is 4. The van der Waals surface area contributed by atoms with Crippen molar-refractivity contribution in [2.75, 3.05) is 13.2 Å². The van der Waals surface area contributed by atoms with Crippen molar-refractivity contribution in [3.05, 3.63) is 64.7 Å². The maximum Gasteiger partial charge on any atom is 0.258 e. The number of nitrogens with zero attached hydrogens (tertiary/aromatic N) is 1. The molecule has 1 amide bonds. The van der Waals surface area contributed by atoms with Gasteiger partial charge in [0.25, 0.3) is 5.91 Å². The van der Waals surface area contributed by atoms with Crippen molar-refractivity contribution in [2.24, 2.45) is 0 Å². The maximum absolute atomic E-state index is 13.0. The summed E-state index contributed by atoms with van der Waals surface area (Å²) in [5.74, 6) is 0.544. The molecule has 0 spiro atoms. The molecule has 1 N–H and O–H groups in total. The second-order valence-electron chi connectivity index (χ2n) is 7.02. The van der Waals surface area contributed by atoms with E-state index in [0.29, 0.717) is 37.4 Å². The zero-order chi connectivity index (χ0) is 18.1. The van der Waals surface area contributed by atoms with E-state index in [1.54, 1.807) is 0 Å². The predicted octanol–water partition coefficient (Wildman–Crippen LogP) is 2.68. The Labute approximate surface area is 153 Å². The molecule has 2 aliphatic heterocycles. The average Bonchev–Trinajstić information content (AvgIpc) is 2.96. The molecule has 0 saturated carbocycles. The van der Waals surface area contributed by atoms with E-state index in [1.165, 1.54) is 5.56 Å². The summed E-state index contributed by atoms with van der Waals surface area (Å²) < 4.78 is 11.3. The fourth-order valence-electron chi connectivity index (χ4n) is 3.53. The van der Waals surface area contributed by atoms with Crippen LogP contribution in [0.5, 0.6) is 5.75 Å². The van der Waals surface area contributed by atoms with Gasteiger partial charge >= 0.3 is 0 Å². The van der Waals surface area contributed by atoms with Crippen LogP contribution in [-0.4, -0.2) is 41.3 Å². The zero-order valence-corrected chi connectivity index (χ0v) is 14.9. The van der Waals surface area contributed by atoms with Gasteiger partial charge < -0.3 is 19.5 Å². The fraction of sp³-hybridized carbons (Fsp3) is 0.381. The molecule has 2 aromatic rings. The van der Waals surface area contributed by atoms with E-state index in [-0.39, 0.29) is 18.6 Å². The first-order valence-electron chi connectivity index (χ1n) is 9.01. The lowest BCUT2D eigenvalue weighted by molar-refractivity contribution is -0.0752. The van der Waals surface area contributed by atoms with E-state index in [4.69, 9.17) is 9.47 Å². The predicted molar refractivity (Wildman–Crippen MR) is 97.1 cm³/mol. The third-order valence-electron chi connectivity index (χ3n) is 5.01. The molecule has 136 valence electrons. The minimum atomic E-state index is -0.667. The third-order valence-corrected chi connectivity index (χ3v) is 5.01. The number of hydrogen-bond donors (Lipinski definition) is 1. The van der Waals surface area contributed by atoms with Crippen LogP contribution in [0.4, 0.5) is 0 Å². The molecule has 2 aliphatic rings. The number of aryl methyl sites for hydroxylation is 1. The van der Waals surface area contributed by atoms with Crippen LogP contribution in [0.1, 0.15) is 33.5 Å². The summed E-state index contributed by atoms with van der Waals surface area (Å²) in [5.41, 5.74) is 3.91. The van der Waals surface area contributed by atoms with E-state index in [0.717, 1.165) is 11.1 Å². The van der Waals surface area contributed by atoms with E-state index < -0.39 is 6.10 Å². The molecule has 1 fully saturated rings. The van der Waals surface area contributed by atoms with Crippen molar-refractivity contribution >= 4 is 5.91 Å². The van der Waals surface area contributed by atoms with Crippen molar-refractivity contribution in [2.45, 2.75) is 38.6 Å². The SMILES string of the molecule is Cc1ccc(CN2Cc3cccc(O[C@H]4CCOC[C@@H]4O)c3C2=O)cc1. The van der Waals surface area contributed by atoms with Gasteiger partial charge in [-0.3, -0.25) is 4.79 Å². The Morgan fingerprint density at radius 2 is 2.04 bits per heavy atom. The minimum Gasteiger partial charge on any atom is -0.487 e. The molecule has 0 unspecified atom stereocenters. The molecule has 1 saturated heterocycles. The summed E-state index contributed by atoms with van der Waals surface area (Å²) in [6.07, 6.45) is -0.388. The number of rotatable bonds is 4. The van der Waals surface area contributed by atoms with E-state index in [9.17, 15) is 9.90 Å². The molecular weight excluding hydrogens is 330 g/mol. The second-order valence-corrected chi connectivity index (χ2v) is 7.02. The quantitative estimate of drug-likeness (QED) is 0.918. The van der Waals surface area contributed by atoms with Crippen LogP contribution in [0.2, 0.25) is 0 Å². The first-order valence-corrected chi connectivity index (χ1v) is 9.01. The highest BCUT2D eigenvalue weighted by Gasteiger charge is 2.33. The van der Waals surface area contributed by atoms with Crippen LogP contribution in [0.25, 0.3) is 0 Å². The van der Waals surface area contributed by atoms with E-state index in [2.05, 4.69) is 31.2 Å². The van der Waals surface area contributed by atoms with Gasteiger partial charge in [-0.05, 0) is 24.1 Å². The van der Waals surface area contributed by atoms with Crippen LogP contribution in [0.15, 0.2) is 42.5 Å². The van der Waals surface area contributed by atoms with Gasteiger partial charge in [-0.15, -0.1) is 0 Å². The topological polar surface area (TPSA) is 59.0 Å². The van der Waals surface area contributed by atoms with Gasteiger partial charge in [-0.2, -0.15) is 0 Å². The van der Waals surface area contributed by atoms with Crippen molar-refractivity contribution in [3.63, 3.8) is 0 Å². The summed E-state index contributed by atoms with van der Waals surface area (Å²) in [6, 6.07) is 13.9. The van der Waals surface area contributed by atoms with Crippen LogP contribution in [0, 0.1) is 6.92 Å². The zero-order valence-electron chi connectivity index (χ0n) is 14.9. The molecule has 0 aromatic heterocycles. The van der Waals surface area contributed by atoms with E-state index >= 15 is 0 Å². The van der Waals surface area contributed by atoms with Gasteiger partial charge in [0.2, 0.25) is 0 Å². The van der Waals surface area contributed by atoms with Crippen LogP contribution in [-0.2, 0) is 17.8 Å². The highest BCUT2D eigenvalue weighted by molar-refractivity contribution is 6.01. The summed E-state index contributed by atoms with van der Waals surface area (Å²) in [4.78, 5) is 14.8. The van der Waals surface area contributed by atoms with E-state index in [1.807, 2.05) is 23.1 Å². The number of aliphatic hydroxyl groups excluding tert-OH is 1. The fourth-order valence-corrected chi connectivity index (χ4v) is 3.53. The van der Waals surface area contributed by atoms with Crippen LogP contribution < -0.4 is 4.74 Å². The van der Waals surface area contributed by atoms with Crippen molar-refractivity contribution < 1.29 is 19.4 Å². The van der Waals surface area contributed by atoms with Crippen molar-refractivity contribution in [1.82, 2.24) is 4.90 Å². The molecule has 2 aromatic carbocycles. The summed E-state index contributed by atoms with van der Waals surface area (Å²) in [5, 5.41) is 10.1. The number of aliphatic hydroxyl groups is 1. The Hall–Kier alpha value is -2.37. The summed E-state index contributed by atoms with van der Waals surface area (Å²) in [6.45, 7) is 4.04. The van der Waals surface area contributed by atoms with Gasteiger partial charge in [0.05, 0.1) is 18.8 Å². The molecule has 2 atom stereocenters. The Kier molecular flexibility index (Phi) is 4.66. The standard InChI is InChI=1S/C21H23NO4/c1-14-5-7-15(8-6-14)11-22-12-16-3-2-4-19(20(16)21(22)24)26-18-9-10-25-13-17(18)23/h2-8,17-18,23H,9-13H2,1H3/t17-,18-/m0/s1. The average molecular weight is 353 g/mol. The molecule has 2 heterocycles. The largest absolute Gasteiger partial charge is 0.487 e. The smallest absolute Gasteiger partial charge is 0.258 e. The lowest BCUT2D eigenvalue weighted by atomic mass is 10.1. The van der Waals surface area contributed by atoms with Gasteiger partial charge in [-0.25, -0.2) is 0 Å². The van der Waals surface area contributed by atoms with Gasteiger partial charge in [0, 0.05) is 19.5 Å². The van der Waals surface area contributed by atoms with Crippen LogP contribution in [0.3, 0.4) is 0 Å². The molecule has 26 heavy (non-hydrogen) atoms. The molecule has 5 heteroatoms. The molecular formula is C21H23NO4. The minimum absolute atomic E-state index is 0.0160. The lowest BCUT2D eigenvalue weighted by Gasteiger charge is -2.28. The number of amides is 1. The molecule has 4 rings (SSSR count). The highest BCUT2D eigenvalue weighted by atomic mass is 16.5. The first kappa shape index (κ1) is 17.1. The molecule has 0 radical (unpaired) electrons. The van der Waals surface area contributed by atoms with Crippen LogP contribution >= 0.6 is 0 Å². The van der Waals surface area contributed by atoms with Crippen molar-refractivity contribution in [1.29, 1.82) is 0 Å². The Bertz CT molecular complexity index is 802. The van der Waals surface area contributed by atoms with Gasteiger partial charge in [0.1, 0.15) is 18.0 Å². The number of fused-ring (bicyclic) bond motifs is 1. The van der Waals surface area contributed by atoms with Gasteiger partial charge in [-0.1, -0.05) is 42.0 Å². The lowest BCUT2D eigenvalue weighted by Crippen LogP contribution is -2.40. The maximum atomic E-state index is 13.0. The first-order chi connectivity index (χ1) is 12.6. The summed E-state index contributed by atoms with van der Waals surface area (Å²) >= 11 is 0.